The summed E-state index contributed by atoms with van der Waals surface area (Å²) in [7, 11) is -5.38. The Labute approximate surface area is 190 Å². The van der Waals surface area contributed by atoms with Crippen molar-refractivity contribution in [1.82, 2.24) is 0 Å². The zero-order chi connectivity index (χ0) is 25.6. The third kappa shape index (κ3) is 6.30. The molecule has 0 aliphatic rings. The molecule has 13 nitrogen and oxygen atoms in total. The van der Waals surface area contributed by atoms with E-state index < -0.39 is 79.9 Å². The SMILES string of the molecule is O=C(CC(C(=O)OC(=O)c1ccccc1C(=O)O)S(=O)(=O)O)OC(=O)c1ccccc1C(=O)O. The van der Waals surface area contributed by atoms with Crippen LogP contribution in [-0.4, -0.2) is 64.2 Å². The predicted octanol–water partition coefficient (Wildman–Crippen LogP) is 0.796. The first-order valence-corrected chi connectivity index (χ1v) is 10.4. The molecule has 34 heavy (non-hydrogen) atoms. The Morgan fingerprint density at radius 2 is 1.09 bits per heavy atom. The lowest BCUT2D eigenvalue weighted by Crippen LogP contribution is -2.36. The van der Waals surface area contributed by atoms with Crippen molar-refractivity contribution in [2.24, 2.45) is 0 Å². The van der Waals surface area contributed by atoms with E-state index >= 15 is 0 Å². The number of benzene rings is 2. The zero-order valence-corrected chi connectivity index (χ0v) is 17.6. The lowest BCUT2D eigenvalue weighted by molar-refractivity contribution is -0.144. The summed E-state index contributed by atoms with van der Waals surface area (Å²) in [4.78, 5) is 70.8. The van der Waals surface area contributed by atoms with Crippen LogP contribution in [0.2, 0.25) is 0 Å². The van der Waals surface area contributed by atoms with Crippen LogP contribution < -0.4 is 0 Å². The monoisotopic (exact) mass is 494 g/mol. The van der Waals surface area contributed by atoms with Crippen LogP contribution in [-0.2, 0) is 29.2 Å². The fourth-order valence-electron chi connectivity index (χ4n) is 2.57. The Bertz CT molecular complexity index is 1290. The standard InChI is InChI=1S/C20H14O13S/c21-15(32-18(26)12-7-3-1-5-10(12)16(22)23)9-14(34(29,30)31)20(28)33-19(27)13-8-4-2-6-11(13)17(24)25/h1-8,14H,9H2,(H,22,23)(H,24,25)(H,29,30,31). The highest BCUT2D eigenvalue weighted by molar-refractivity contribution is 7.87. The second-order valence-corrected chi connectivity index (χ2v) is 7.98. The van der Waals surface area contributed by atoms with E-state index in [4.69, 9.17) is 10.2 Å². The molecule has 0 bridgehead atoms. The molecule has 2 aromatic carbocycles. The normalized spacial score (nSPS) is 11.7. The Kier molecular flexibility index (Phi) is 7.94. The number of carbonyl (C=O) groups is 6. The number of rotatable bonds is 8. The van der Waals surface area contributed by atoms with Crippen molar-refractivity contribution >= 4 is 45.9 Å². The molecule has 2 aromatic rings. The van der Waals surface area contributed by atoms with Crippen LogP contribution in [0.5, 0.6) is 0 Å². The third-order valence-electron chi connectivity index (χ3n) is 4.13. The molecule has 1 atom stereocenters. The van der Waals surface area contributed by atoms with Crippen LogP contribution in [0.15, 0.2) is 48.5 Å². The summed E-state index contributed by atoms with van der Waals surface area (Å²) in [5.41, 5.74) is -2.30. The fourth-order valence-corrected chi connectivity index (χ4v) is 3.21. The van der Waals surface area contributed by atoms with Gasteiger partial charge in [0.05, 0.1) is 28.7 Å². The number of carbonyl (C=O) groups excluding carboxylic acids is 4. The Balaban J connectivity index is 2.19. The van der Waals surface area contributed by atoms with E-state index in [2.05, 4.69) is 9.47 Å². The molecule has 0 amide bonds. The van der Waals surface area contributed by atoms with Gasteiger partial charge < -0.3 is 19.7 Å². The maximum atomic E-state index is 12.2. The predicted molar refractivity (Wildman–Crippen MR) is 108 cm³/mol. The smallest absolute Gasteiger partial charge is 0.346 e. The summed E-state index contributed by atoms with van der Waals surface area (Å²) in [6.45, 7) is 0. The van der Waals surface area contributed by atoms with Gasteiger partial charge in [-0.15, -0.1) is 0 Å². The minimum atomic E-state index is -5.38. The molecule has 0 aliphatic heterocycles. The van der Waals surface area contributed by atoms with E-state index in [9.17, 15) is 41.7 Å². The minimum Gasteiger partial charge on any atom is -0.478 e. The number of carboxylic acid groups (broad SMARTS) is 2. The van der Waals surface area contributed by atoms with Crippen molar-refractivity contribution in [2.75, 3.05) is 0 Å². The Hall–Kier alpha value is -4.43. The summed E-state index contributed by atoms with van der Waals surface area (Å²) in [6.07, 6.45) is -1.49. The molecular formula is C20H14O13S. The quantitative estimate of drug-likeness (QED) is 0.263. The molecule has 0 fully saturated rings. The highest BCUT2D eigenvalue weighted by Gasteiger charge is 2.38. The molecule has 2 rings (SSSR count). The minimum absolute atomic E-state index is 0.534. The number of hydrogen-bond acceptors (Lipinski definition) is 10. The van der Waals surface area contributed by atoms with E-state index in [-0.39, 0.29) is 0 Å². The second kappa shape index (κ2) is 10.5. The average molecular weight is 494 g/mol. The van der Waals surface area contributed by atoms with Gasteiger partial charge in [-0.25, -0.2) is 19.2 Å². The van der Waals surface area contributed by atoms with Crippen molar-refractivity contribution in [2.45, 2.75) is 11.7 Å². The van der Waals surface area contributed by atoms with Gasteiger partial charge in [-0.1, -0.05) is 24.3 Å². The van der Waals surface area contributed by atoms with E-state index in [0.717, 1.165) is 24.3 Å². The highest BCUT2D eigenvalue weighted by Crippen LogP contribution is 2.16. The largest absolute Gasteiger partial charge is 0.478 e. The van der Waals surface area contributed by atoms with Crippen molar-refractivity contribution in [3.05, 3.63) is 70.8 Å². The number of hydrogen-bond donors (Lipinski definition) is 3. The van der Waals surface area contributed by atoms with E-state index in [1.165, 1.54) is 24.3 Å². The summed E-state index contributed by atoms with van der Waals surface area (Å²) < 4.78 is 41.1. The van der Waals surface area contributed by atoms with Crippen molar-refractivity contribution in [3.8, 4) is 0 Å². The molecule has 1 unspecified atom stereocenters. The van der Waals surface area contributed by atoms with E-state index in [0.29, 0.717) is 0 Å². The van der Waals surface area contributed by atoms with E-state index in [1.807, 2.05) is 0 Å². The molecule has 0 heterocycles. The van der Waals surface area contributed by atoms with Crippen LogP contribution in [0, 0.1) is 0 Å². The first-order valence-electron chi connectivity index (χ1n) is 8.95. The van der Waals surface area contributed by atoms with Crippen molar-refractivity contribution in [3.63, 3.8) is 0 Å². The molecule has 0 aliphatic carbocycles. The van der Waals surface area contributed by atoms with Gasteiger partial charge in [0.2, 0.25) is 0 Å². The molecule has 3 N–H and O–H groups in total. The van der Waals surface area contributed by atoms with Crippen LogP contribution in [0.4, 0.5) is 0 Å². The van der Waals surface area contributed by atoms with Crippen LogP contribution in [0.3, 0.4) is 0 Å². The van der Waals surface area contributed by atoms with Gasteiger partial charge in [-0.05, 0) is 24.3 Å². The fraction of sp³-hybridized carbons (Fsp3) is 0.100. The van der Waals surface area contributed by atoms with Crippen molar-refractivity contribution in [1.29, 1.82) is 0 Å². The van der Waals surface area contributed by atoms with Crippen LogP contribution in [0.25, 0.3) is 0 Å². The average Bonchev–Trinajstić information content (AvgIpc) is 2.76. The number of carboxylic acids is 2. The van der Waals surface area contributed by atoms with Gasteiger partial charge >= 0.3 is 35.8 Å². The second-order valence-electron chi connectivity index (χ2n) is 6.38. The summed E-state index contributed by atoms with van der Waals surface area (Å²) in [5, 5.41) is 15.4. The zero-order valence-electron chi connectivity index (χ0n) is 16.7. The first kappa shape index (κ1) is 25.8. The molecule has 0 spiro atoms. The van der Waals surface area contributed by atoms with Gasteiger partial charge in [0.15, 0.2) is 5.25 Å². The van der Waals surface area contributed by atoms with Crippen molar-refractivity contribution < 1.29 is 61.4 Å². The summed E-state index contributed by atoms with van der Waals surface area (Å²) in [6, 6.07) is 9.03. The van der Waals surface area contributed by atoms with Gasteiger partial charge in [-0.3, -0.25) is 14.1 Å². The van der Waals surface area contributed by atoms with Gasteiger partial charge in [0.1, 0.15) is 0 Å². The Morgan fingerprint density at radius 3 is 1.47 bits per heavy atom. The van der Waals surface area contributed by atoms with Gasteiger partial charge in [0, 0.05) is 0 Å². The maximum absolute atomic E-state index is 12.2. The van der Waals surface area contributed by atoms with Gasteiger partial charge in [0.25, 0.3) is 10.1 Å². The molecule has 0 radical (unpaired) electrons. The lowest BCUT2D eigenvalue weighted by atomic mass is 10.1. The molecule has 0 saturated carbocycles. The molecule has 178 valence electrons. The molecule has 0 saturated heterocycles. The molecule has 0 aromatic heterocycles. The summed E-state index contributed by atoms with van der Waals surface area (Å²) >= 11 is 0. The van der Waals surface area contributed by atoms with Crippen LogP contribution >= 0.6 is 0 Å². The first-order chi connectivity index (χ1) is 15.8. The summed E-state index contributed by atoms with van der Waals surface area (Å²) in [5.74, 6) is -9.80. The molecular weight excluding hydrogens is 480 g/mol. The third-order valence-corrected chi connectivity index (χ3v) is 5.21. The van der Waals surface area contributed by atoms with E-state index in [1.54, 1.807) is 0 Å². The van der Waals surface area contributed by atoms with Gasteiger partial charge in [-0.2, -0.15) is 8.42 Å². The number of esters is 4. The molecule has 14 heteroatoms. The number of ether oxygens (including phenoxy) is 2. The number of aromatic carboxylic acids is 2. The maximum Gasteiger partial charge on any atom is 0.346 e. The Morgan fingerprint density at radius 1 is 0.706 bits per heavy atom. The lowest BCUT2D eigenvalue weighted by Gasteiger charge is -2.12. The topological polar surface area (TPSA) is 216 Å². The highest BCUT2D eigenvalue weighted by atomic mass is 32.2. The van der Waals surface area contributed by atoms with Crippen LogP contribution in [0.1, 0.15) is 47.9 Å².